The van der Waals surface area contributed by atoms with E-state index in [9.17, 15) is 9.90 Å². The number of epoxide rings is 1. The summed E-state index contributed by atoms with van der Waals surface area (Å²) in [6, 6.07) is 0. The smallest absolute Gasteiger partial charge is 0.311 e. The van der Waals surface area contributed by atoms with Crippen molar-refractivity contribution in [3.8, 4) is 0 Å². The van der Waals surface area contributed by atoms with Crippen LogP contribution in [0.2, 0.25) is 0 Å². The maximum Gasteiger partial charge on any atom is 0.311 e. The van der Waals surface area contributed by atoms with Gasteiger partial charge in [0.2, 0.25) is 0 Å². The van der Waals surface area contributed by atoms with Crippen molar-refractivity contribution in [1.82, 2.24) is 0 Å². The van der Waals surface area contributed by atoms with E-state index in [0.717, 1.165) is 30.6 Å². The highest BCUT2D eigenvalue weighted by atomic mass is 16.8. The van der Waals surface area contributed by atoms with Crippen LogP contribution >= 0.6 is 0 Å². The van der Waals surface area contributed by atoms with Crippen LogP contribution < -0.4 is 0 Å². The molecule has 0 amide bonds. The Balaban J connectivity index is 1.67. The number of carbonyl (C=O) groups is 1. The lowest BCUT2D eigenvalue weighted by Crippen LogP contribution is -2.63. The Morgan fingerprint density at radius 2 is 2.20 bits per heavy atom. The van der Waals surface area contributed by atoms with Crippen LogP contribution in [0.1, 0.15) is 57.4 Å². The number of hydrogen-bond donors (Lipinski definition) is 1. The molecule has 25 heavy (non-hydrogen) atoms. The molecule has 1 aliphatic heterocycles. The molecule has 4 rings (SSSR count). The van der Waals surface area contributed by atoms with Gasteiger partial charge in [0.1, 0.15) is 17.5 Å². The molecule has 1 N–H and O–H groups in total. The first-order chi connectivity index (χ1) is 11.6. The lowest BCUT2D eigenvalue weighted by Gasteiger charge is -2.52. The molecule has 5 heteroatoms. The fourth-order valence-corrected chi connectivity index (χ4v) is 5.05. The second-order valence-electron chi connectivity index (χ2n) is 8.76. The molecule has 2 fully saturated rings. The lowest BCUT2D eigenvalue weighted by atomic mass is 9.54. The van der Waals surface area contributed by atoms with Crippen LogP contribution in [0, 0.1) is 24.2 Å². The van der Waals surface area contributed by atoms with Crippen molar-refractivity contribution in [3.63, 3.8) is 0 Å². The third-order valence-electron chi connectivity index (χ3n) is 6.99. The van der Waals surface area contributed by atoms with E-state index in [0.29, 0.717) is 6.42 Å². The van der Waals surface area contributed by atoms with Gasteiger partial charge in [0, 0.05) is 12.3 Å². The zero-order valence-electron chi connectivity index (χ0n) is 15.7. The molecule has 1 saturated heterocycles. The number of hydrogen-bond acceptors (Lipinski definition) is 5. The number of ether oxygens (including phenoxy) is 2. The molecular formula is C20H28O5. The molecule has 138 valence electrons. The molecule has 1 saturated carbocycles. The van der Waals surface area contributed by atoms with Gasteiger partial charge in [0.15, 0.2) is 0 Å². The zero-order valence-corrected chi connectivity index (χ0v) is 15.7. The van der Waals surface area contributed by atoms with Crippen molar-refractivity contribution in [2.75, 3.05) is 0 Å². The summed E-state index contributed by atoms with van der Waals surface area (Å²) in [7, 11) is 0. The standard InChI is InChI=1S/C20H28O5/c1-6-11(2)17(21)25-20-16(24-20)9-18(4)8-14-13(12(3)10-23-14)7-15(18)19(20,5)22/h10-11,15-16,22H,6-9H2,1-5H3/t11-,15-,16+,18+,19+,20-/m1/s1. The minimum absolute atomic E-state index is 0.0488. The summed E-state index contributed by atoms with van der Waals surface area (Å²) in [5, 5.41) is 11.5. The molecule has 2 heterocycles. The normalized spacial score (nSPS) is 42.8. The Morgan fingerprint density at radius 3 is 2.88 bits per heavy atom. The highest BCUT2D eigenvalue weighted by Gasteiger charge is 2.79. The van der Waals surface area contributed by atoms with Crippen LogP contribution in [0.3, 0.4) is 0 Å². The van der Waals surface area contributed by atoms with Gasteiger partial charge in [-0.15, -0.1) is 0 Å². The summed E-state index contributed by atoms with van der Waals surface area (Å²) < 4.78 is 17.4. The molecule has 0 aromatic carbocycles. The second kappa shape index (κ2) is 5.10. The molecule has 2 aliphatic carbocycles. The van der Waals surface area contributed by atoms with Crippen molar-refractivity contribution in [2.24, 2.45) is 17.3 Å². The summed E-state index contributed by atoms with van der Waals surface area (Å²) in [5.74, 6) is -0.696. The maximum absolute atomic E-state index is 12.4. The van der Waals surface area contributed by atoms with E-state index < -0.39 is 11.4 Å². The molecule has 0 unspecified atom stereocenters. The van der Waals surface area contributed by atoms with E-state index in [1.165, 1.54) is 5.56 Å². The average Bonchev–Trinajstić information content (AvgIpc) is 3.12. The number of esters is 1. The first-order valence-electron chi connectivity index (χ1n) is 9.33. The van der Waals surface area contributed by atoms with Crippen LogP contribution in [-0.4, -0.2) is 28.6 Å². The van der Waals surface area contributed by atoms with Gasteiger partial charge in [-0.05, 0) is 49.7 Å². The first-order valence-corrected chi connectivity index (χ1v) is 9.33. The highest BCUT2D eigenvalue weighted by Crippen LogP contribution is 2.65. The summed E-state index contributed by atoms with van der Waals surface area (Å²) in [6.07, 6.45) is 4.54. The van der Waals surface area contributed by atoms with E-state index in [1.54, 1.807) is 13.2 Å². The van der Waals surface area contributed by atoms with Crippen LogP contribution in [-0.2, 0) is 27.1 Å². The van der Waals surface area contributed by atoms with E-state index in [-0.39, 0.29) is 29.3 Å². The minimum atomic E-state index is -1.23. The third-order valence-corrected chi connectivity index (χ3v) is 6.99. The van der Waals surface area contributed by atoms with Crippen molar-refractivity contribution in [1.29, 1.82) is 0 Å². The Bertz CT molecular complexity index is 720. The van der Waals surface area contributed by atoms with Crippen molar-refractivity contribution >= 4 is 5.97 Å². The molecule has 6 atom stereocenters. The van der Waals surface area contributed by atoms with Gasteiger partial charge < -0.3 is 19.0 Å². The largest absolute Gasteiger partial charge is 0.469 e. The fourth-order valence-electron chi connectivity index (χ4n) is 5.05. The van der Waals surface area contributed by atoms with Crippen LogP contribution in [0.4, 0.5) is 0 Å². The Hall–Kier alpha value is -1.33. The monoisotopic (exact) mass is 348 g/mol. The number of carbonyl (C=O) groups excluding carboxylic acids is 1. The van der Waals surface area contributed by atoms with Crippen molar-refractivity contribution in [2.45, 2.75) is 77.8 Å². The highest BCUT2D eigenvalue weighted by molar-refractivity contribution is 5.73. The maximum atomic E-state index is 12.4. The van der Waals surface area contributed by atoms with Crippen LogP contribution in [0.5, 0.6) is 0 Å². The summed E-state index contributed by atoms with van der Waals surface area (Å²) >= 11 is 0. The van der Waals surface area contributed by atoms with Gasteiger partial charge in [-0.2, -0.15) is 0 Å². The molecular weight excluding hydrogens is 320 g/mol. The van der Waals surface area contributed by atoms with E-state index in [4.69, 9.17) is 13.9 Å². The Kier molecular flexibility index (Phi) is 3.49. The topological polar surface area (TPSA) is 72.2 Å². The van der Waals surface area contributed by atoms with Crippen molar-refractivity contribution in [3.05, 3.63) is 23.2 Å². The summed E-state index contributed by atoms with van der Waals surface area (Å²) in [6.45, 7) is 9.81. The number of furan rings is 1. The lowest BCUT2D eigenvalue weighted by molar-refractivity contribution is -0.225. The number of fused-ring (bicyclic) bond motifs is 3. The zero-order chi connectivity index (χ0) is 18.2. The van der Waals surface area contributed by atoms with Gasteiger partial charge in [0.25, 0.3) is 5.79 Å². The fraction of sp³-hybridized carbons (Fsp3) is 0.750. The SMILES string of the molecule is CC[C@@H](C)C(=O)O[C@]12O[C@H]1C[C@]1(C)Cc3occ(C)c3C[C@H]1[C@]2(C)O. The second-order valence-corrected chi connectivity index (χ2v) is 8.76. The molecule has 0 spiro atoms. The average molecular weight is 348 g/mol. The Morgan fingerprint density at radius 1 is 1.48 bits per heavy atom. The third kappa shape index (κ3) is 2.18. The molecule has 1 aromatic heterocycles. The van der Waals surface area contributed by atoms with Gasteiger partial charge in [0.05, 0.1) is 12.2 Å². The van der Waals surface area contributed by atoms with Gasteiger partial charge in [-0.1, -0.05) is 20.8 Å². The molecule has 0 bridgehead atoms. The number of aliphatic hydroxyl groups is 1. The van der Waals surface area contributed by atoms with Crippen LogP contribution in [0.15, 0.2) is 10.7 Å². The molecule has 1 aromatic rings. The van der Waals surface area contributed by atoms with E-state index in [1.807, 2.05) is 20.8 Å². The van der Waals surface area contributed by atoms with Crippen molar-refractivity contribution < 1.29 is 23.8 Å². The number of aryl methyl sites for hydroxylation is 1. The van der Waals surface area contributed by atoms with E-state index >= 15 is 0 Å². The van der Waals surface area contributed by atoms with Gasteiger partial charge >= 0.3 is 5.97 Å². The predicted octanol–water partition coefficient (Wildman–Crippen LogP) is 3.15. The summed E-state index contributed by atoms with van der Waals surface area (Å²) in [5.41, 5.74) is 0.950. The Labute approximate surface area is 148 Å². The molecule has 0 radical (unpaired) electrons. The number of rotatable bonds is 3. The quantitative estimate of drug-likeness (QED) is 0.671. The minimum Gasteiger partial charge on any atom is -0.469 e. The van der Waals surface area contributed by atoms with E-state index in [2.05, 4.69) is 6.92 Å². The van der Waals surface area contributed by atoms with Crippen LogP contribution in [0.25, 0.3) is 0 Å². The first kappa shape index (κ1) is 17.1. The predicted molar refractivity (Wildman–Crippen MR) is 90.8 cm³/mol. The van der Waals surface area contributed by atoms with Gasteiger partial charge in [-0.3, -0.25) is 4.79 Å². The molecule has 3 aliphatic rings. The van der Waals surface area contributed by atoms with Gasteiger partial charge in [-0.25, -0.2) is 0 Å². The molecule has 5 nitrogen and oxygen atoms in total. The summed E-state index contributed by atoms with van der Waals surface area (Å²) in [4.78, 5) is 12.4.